The van der Waals surface area contributed by atoms with Gasteiger partial charge in [-0.05, 0) is 19.4 Å². The third-order valence-electron chi connectivity index (χ3n) is 4.60. The van der Waals surface area contributed by atoms with E-state index in [1.807, 2.05) is 38.1 Å². The molecule has 1 atom stereocenters. The quantitative estimate of drug-likeness (QED) is 0.824. The van der Waals surface area contributed by atoms with Gasteiger partial charge in [-0.15, -0.1) is 0 Å². The lowest BCUT2D eigenvalue weighted by atomic mass is 10.1. The zero-order valence-corrected chi connectivity index (χ0v) is 15.1. The van der Waals surface area contributed by atoms with Gasteiger partial charge < -0.3 is 10.2 Å². The summed E-state index contributed by atoms with van der Waals surface area (Å²) in [7, 11) is 0. The van der Waals surface area contributed by atoms with Gasteiger partial charge in [-0.3, -0.25) is 19.6 Å². The number of rotatable bonds is 5. The van der Waals surface area contributed by atoms with Crippen molar-refractivity contribution in [3.8, 4) is 0 Å². The zero-order valence-electron chi connectivity index (χ0n) is 15.1. The maximum Gasteiger partial charge on any atom is 0.291 e. The summed E-state index contributed by atoms with van der Waals surface area (Å²) in [5.41, 5.74) is 2.29. The van der Waals surface area contributed by atoms with Crippen molar-refractivity contribution in [1.82, 2.24) is 30.3 Å². The van der Waals surface area contributed by atoms with Crippen LogP contribution < -0.4 is 5.32 Å². The van der Waals surface area contributed by atoms with Gasteiger partial charge in [0.1, 0.15) is 6.33 Å². The predicted octanol–water partition coefficient (Wildman–Crippen LogP) is 0.748. The monoisotopic (exact) mass is 356 g/mol. The van der Waals surface area contributed by atoms with Crippen molar-refractivity contribution < 1.29 is 9.59 Å². The highest BCUT2D eigenvalue weighted by molar-refractivity contribution is 5.90. The Morgan fingerprint density at radius 3 is 2.50 bits per heavy atom. The van der Waals surface area contributed by atoms with Gasteiger partial charge in [0.05, 0.1) is 12.6 Å². The molecule has 8 heteroatoms. The number of carbonyl (C=O) groups is 2. The fourth-order valence-electron chi connectivity index (χ4n) is 3.00. The molecule has 0 spiro atoms. The third kappa shape index (κ3) is 4.45. The van der Waals surface area contributed by atoms with E-state index < -0.39 is 0 Å². The molecule has 1 aliphatic heterocycles. The number of aromatic amines is 1. The Kier molecular flexibility index (Phi) is 5.62. The van der Waals surface area contributed by atoms with Gasteiger partial charge in [0.15, 0.2) is 0 Å². The molecule has 0 aliphatic carbocycles. The molecule has 2 heterocycles. The van der Waals surface area contributed by atoms with Crippen molar-refractivity contribution in [2.24, 2.45) is 0 Å². The van der Waals surface area contributed by atoms with Gasteiger partial charge in [-0.25, -0.2) is 4.98 Å². The molecule has 1 aromatic carbocycles. The second-order valence-corrected chi connectivity index (χ2v) is 6.60. The Bertz CT molecular complexity index is 736. The number of hydrogen-bond donors (Lipinski definition) is 2. The van der Waals surface area contributed by atoms with Crippen LogP contribution in [0.3, 0.4) is 0 Å². The van der Waals surface area contributed by atoms with Crippen molar-refractivity contribution in [3.05, 3.63) is 47.5 Å². The molecule has 8 nitrogen and oxygen atoms in total. The average molecular weight is 356 g/mol. The summed E-state index contributed by atoms with van der Waals surface area (Å²) >= 11 is 0. The van der Waals surface area contributed by atoms with Crippen LogP contribution in [0.15, 0.2) is 30.6 Å². The first-order valence-electron chi connectivity index (χ1n) is 8.76. The van der Waals surface area contributed by atoms with Gasteiger partial charge in [0.2, 0.25) is 11.7 Å². The molecule has 3 rings (SSSR count). The Balaban J connectivity index is 1.44. The standard InChI is InChI=1S/C18H24N6O2/c1-13-3-5-15(6-4-13)14(2)21-16(25)11-23-7-9-24(10-8-23)18(26)17-19-12-20-22-17/h3-6,12,14H,7-11H2,1-2H3,(H,21,25)(H,19,20,22). The molecule has 1 saturated heterocycles. The van der Waals surface area contributed by atoms with E-state index >= 15 is 0 Å². The van der Waals surface area contributed by atoms with E-state index in [-0.39, 0.29) is 23.7 Å². The Hall–Kier alpha value is -2.74. The zero-order chi connectivity index (χ0) is 18.5. The fourth-order valence-corrected chi connectivity index (χ4v) is 3.00. The van der Waals surface area contributed by atoms with Crippen LogP contribution in [0.5, 0.6) is 0 Å². The number of amides is 2. The maximum atomic E-state index is 12.3. The van der Waals surface area contributed by atoms with Gasteiger partial charge >= 0.3 is 0 Å². The predicted molar refractivity (Wildman–Crippen MR) is 96.5 cm³/mol. The van der Waals surface area contributed by atoms with Crippen molar-refractivity contribution >= 4 is 11.8 Å². The van der Waals surface area contributed by atoms with E-state index in [1.165, 1.54) is 11.9 Å². The molecule has 1 fully saturated rings. The van der Waals surface area contributed by atoms with Crippen molar-refractivity contribution in [3.63, 3.8) is 0 Å². The Morgan fingerprint density at radius 1 is 1.19 bits per heavy atom. The number of hydrogen-bond acceptors (Lipinski definition) is 5. The molecule has 0 saturated carbocycles. The van der Waals surface area contributed by atoms with Gasteiger partial charge in [0.25, 0.3) is 5.91 Å². The minimum Gasteiger partial charge on any atom is -0.348 e. The number of carbonyl (C=O) groups excluding carboxylic acids is 2. The molecule has 0 radical (unpaired) electrons. The maximum absolute atomic E-state index is 12.3. The van der Waals surface area contributed by atoms with Gasteiger partial charge in [-0.2, -0.15) is 5.10 Å². The van der Waals surface area contributed by atoms with Gasteiger partial charge in [0, 0.05) is 26.2 Å². The summed E-state index contributed by atoms with van der Waals surface area (Å²) < 4.78 is 0. The number of aryl methyl sites for hydroxylation is 1. The molecular formula is C18H24N6O2. The largest absolute Gasteiger partial charge is 0.348 e. The molecule has 2 amide bonds. The molecule has 1 aliphatic rings. The highest BCUT2D eigenvalue weighted by atomic mass is 16.2. The SMILES string of the molecule is Cc1ccc(C(C)NC(=O)CN2CCN(C(=O)c3ncn[nH]3)CC2)cc1. The minimum atomic E-state index is -0.153. The highest BCUT2D eigenvalue weighted by Crippen LogP contribution is 2.13. The first-order chi connectivity index (χ1) is 12.5. The van der Waals surface area contributed by atoms with E-state index in [0.717, 1.165) is 5.56 Å². The van der Waals surface area contributed by atoms with Crippen LogP contribution in [0.25, 0.3) is 0 Å². The number of benzene rings is 1. The lowest BCUT2D eigenvalue weighted by molar-refractivity contribution is -0.123. The van der Waals surface area contributed by atoms with Crippen molar-refractivity contribution in [2.75, 3.05) is 32.7 Å². The third-order valence-corrected chi connectivity index (χ3v) is 4.60. The number of nitrogens with one attached hydrogen (secondary N) is 2. The van der Waals surface area contributed by atoms with E-state index in [0.29, 0.717) is 32.7 Å². The minimum absolute atomic E-state index is 0.00640. The van der Waals surface area contributed by atoms with Crippen LogP contribution in [0.1, 0.15) is 34.7 Å². The summed E-state index contributed by atoms with van der Waals surface area (Å²) in [6, 6.07) is 8.13. The second kappa shape index (κ2) is 8.09. The van der Waals surface area contributed by atoms with Gasteiger partial charge in [-0.1, -0.05) is 29.8 Å². The van der Waals surface area contributed by atoms with Crippen molar-refractivity contribution in [1.29, 1.82) is 0 Å². The summed E-state index contributed by atoms with van der Waals surface area (Å²) in [5.74, 6) is 0.0933. The Morgan fingerprint density at radius 2 is 1.88 bits per heavy atom. The number of nitrogens with zero attached hydrogens (tertiary/aromatic N) is 4. The molecule has 2 N–H and O–H groups in total. The molecule has 138 valence electrons. The fraction of sp³-hybridized carbons (Fsp3) is 0.444. The van der Waals surface area contributed by atoms with Crippen LogP contribution >= 0.6 is 0 Å². The van der Waals surface area contributed by atoms with E-state index in [4.69, 9.17) is 0 Å². The highest BCUT2D eigenvalue weighted by Gasteiger charge is 2.25. The summed E-state index contributed by atoms with van der Waals surface area (Å²) in [6.07, 6.45) is 1.32. The summed E-state index contributed by atoms with van der Waals surface area (Å²) in [6.45, 7) is 6.82. The van der Waals surface area contributed by atoms with Crippen LogP contribution in [0.4, 0.5) is 0 Å². The molecule has 2 aromatic rings. The first kappa shape index (κ1) is 18.1. The lowest BCUT2D eigenvalue weighted by Crippen LogP contribution is -2.51. The van der Waals surface area contributed by atoms with Crippen LogP contribution in [-0.2, 0) is 4.79 Å². The van der Waals surface area contributed by atoms with E-state index in [9.17, 15) is 9.59 Å². The normalized spacial score (nSPS) is 16.3. The summed E-state index contributed by atoms with van der Waals surface area (Å²) in [5, 5.41) is 9.33. The lowest BCUT2D eigenvalue weighted by Gasteiger charge is -2.34. The van der Waals surface area contributed by atoms with Crippen LogP contribution in [0, 0.1) is 6.92 Å². The molecule has 1 unspecified atom stereocenters. The average Bonchev–Trinajstić information content (AvgIpc) is 3.17. The molecule has 0 bridgehead atoms. The molecular weight excluding hydrogens is 332 g/mol. The van der Waals surface area contributed by atoms with Crippen LogP contribution in [-0.4, -0.2) is 69.5 Å². The van der Waals surface area contributed by atoms with E-state index in [1.54, 1.807) is 4.90 Å². The summed E-state index contributed by atoms with van der Waals surface area (Å²) in [4.78, 5) is 32.2. The number of piperazine rings is 1. The smallest absolute Gasteiger partial charge is 0.291 e. The number of aromatic nitrogens is 3. The van der Waals surface area contributed by atoms with Crippen LogP contribution in [0.2, 0.25) is 0 Å². The Labute approximate surface area is 152 Å². The van der Waals surface area contributed by atoms with E-state index in [2.05, 4.69) is 25.4 Å². The molecule has 1 aromatic heterocycles. The number of H-pyrrole nitrogens is 1. The first-order valence-corrected chi connectivity index (χ1v) is 8.76. The molecule has 26 heavy (non-hydrogen) atoms. The topological polar surface area (TPSA) is 94.2 Å². The second-order valence-electron chi connectivity index (χ2n) is 6.60. The van der Waals surface area contributed by atoms with Crippen molar-refractivity contribution in [2.45, 2.75) is 19.9 Å².